The summed E-state index contributed by atoms with van der Waals surface area (Å²) in [4.78, 5) is 37.6. The molecule has 1 rings (SSSR count). The van der Waals surface area contributed by atoms with Crippen molar-refractivity contribution in [2.24, 2.45) is 0 Å². The van der Waals surface area contributed by atoms with Crippen molar-refractivity contribution in [2.45, 2.75) is 52.5 Å². The molecule has 0 unspecified atom stereocenters. The lowest BCUT2D eigenvalue weighted by atomic mass is 9.88. The molecule has 138 valence electrons. The van der Waals surface area contributed by atoms with E-state index in [2.05, 4.69) is 5.32 Å². The molecule has 6 nitrogen and oxygen atoms in total. The zero-order chi connectivity index (χ0) is 19.0. The van der Waals surface area contributed by atoms with Crippen LogP contribution in [0, 0.1) is 0 Å². The van der Waals surface area contributed by atoms with Crippen molar-refractivity contribution < 1.29 is 19.5 Å². The zero-order valence-corrected chi connectivity index (χ0v) is 15.5. The quantitative estimate of drug-likeness (QED) is 0.718. The number of carboxylic acid groups (broad SMARTS) is 1. The fourth-order valence-corrected chi connectivity index (χ4v) is 2.78. The van der Waals surface area contributed by atoms with Crippen LogP contribution in [0.1, 0.15) is 67.7 Å². The Labute approximate surface area is 149 Å². The highest BCUT2D eigenvalue weighted by Gasteiger charge is 2.31. The van der Waals surface area contributed by atoms with Crippen LogP contribution in [0.5, 0.6) is 0 Å². The minimum Gasteiger partial charge on any atom is -0.481 e. The molecule has 0 saturated heterocycles. The van der Waals surface area contributed by atoms with E-state index in [-0.39, 0.29) is 18.2 Å². The molecule has 0 fully saturated rings. The van der Waals surface area contributed by atoms with Gasteiger partial charge in [-0.2, -0.15) is 0 Å². The lowest BCUT2D eigenvalue weighted by molar-refractivity contribution is -0.138. The number of nitrogens with zero attached hydrogens (tertiary/aromatic N) is 1. The normalized spacial score (nSPS) is 11.0. The van der Waals surface area contributed by atoms with Crippen LogP contribution in [0.25, 0.3) is 0 Å². The minimum atomic E-state index is -0.941. The van der Waals surface area contributed by atoms with Crippen LogP contribution in [-0.4, -0.2) is 46.4 Å². The number of aliphatic carboxylic acids is 1. The molecule has 2 amide bonds. The second-order valence-electron chi connectivity index (χ2n) is 6.07. The van der Waals surface area contributed by atoms with Crippen LogP contribution in [0.4, 0.5) is 0 Å². The van der Waals surface area contributed by atoms with Gasteiger partial charge in [0.15, 0.2) is 0 Å². The highest BCUT2D eigenvalue weighted by atomic mass is 16.4. The molecule has 0 aromatic heterocycles. The highest BCUT2D eigenvalue weighted by Crippen LogP contribution is 2.21. The number of carboxylic acids is 1. The number of nitrogens with one attached hydrogen (secondary N) is 1. The van der Waals surface area contributed by atoms with Crippen LogP contribution in [0.2, 0.25) is 0 Å². The lowest BCUT2D eigenvalue weighted by Crippen LogP contribution is -2.49. The Hall–Kier alpha value is -2.37. The Balaban J connectivity index is 2.92. The summed E-state index contributed by atoms with van der Waals surface area (Å²) in [7, 11) is 0. The van der Waals surface area contributed by atoms with E-state index in [0.717, 1.165) is 0 Å². The van der Waals surface area contributed by atoms with Crippen LogP contribution in [0.3, 0.4) is 0 Å². The number of benzene rings is 1. The van der Waals surface area contributed by atoms with Gasteiger partial charge in [0.25, 0.3) is 11.8 Å². The fourth-order valence-electron chi connectivity index (χ4n) is 2.78. The molecule has 0 bridgehead atoms. The van der Waals surface area contributed by atoms with Gasteiger partial charge >= 0.3 is 5.97 Å². The molecule has 0 atom stereocenters. The largest absolute Gasteiger partial charge is 0.481 e. The summed E-state index contributed by atoms with van der Waals surface area (Å²) in [6.45, 7) is 8.81. The molecular weight excluding hydrogens is 320 g/mol. The highest BCUT2D eigenvalue weighted by molar-refractivity contribution is 5.98. The average Bonchev–Trinajstić information content (AvgIpc) is 2.61. The lowest BCUT2D eigenvalue weighted by Gasteiger charge is -2.31. The molecule has 2 N–H and O–H groups in total. The van der Waals surface area contributed by atoms with Crippen LogP contribution in [-0.2, 0) is 4.79 Å². The molecule has 0 radical (unpaired) electrons. The molecule has 0 saturated carbocycles. The van der Waals surface area contributed by atoms with E-state index in [9.17, 15) is 14.4 Å². The van der Waals surface area contributed by atoms with Gasteiger partial charge in [0.2, 0.25) is 0 Å². The van der Waals surface area contributed by atoms with Gasteiger partial charge in [0.05, 0.1) is 12.0 Å². The number of hydrogen-bond donors (Lipinski definition) is 2. The van der Waals surface area contributed by atoms with E-state index in [1.807, 2.05) is 27.7 Å². The second-order valence-corrected chi connectivity index (χ2v) is 6.07. The van der Waals surface area contributed by atoms with Gasteiger partial charge < -0.3 is 15.3 Å². The third-order valence-corrected chi connectivity index (χ3v) is 4.67. The molecule has 6 heteroatoms. The maximum atomic E-state index is 12.5. The predicted octanol–water partition coefficient (Wildman–Crippen LogP) is 2.93. The van der Waals surface area contributed by atoms with Crippen LogP contribution in [0.15, 0.2) is 24.3 Å². The average molecular weight is 348 g/mol. The van der Waals surface area contributed by atoms with Gasteiger partial charge in [0.1, 0.15) is 0 Å². The smallest absolute Gasteiger partial charge is 0.305 e. The number of rotatable bonds is 9. The summed E-state index contributed by atoms with van der Waals surface area (Å²) in [5, 5.41) is 12.0. The van der Waals surface area contributed by atoms with Gasteiger partial charge in [-0.3, -0.25) is 14.4 Å². The van der Waals surface area contributed by atoms with Crippen molar-refractivity contribution in [1.82, 2.24) is 10.2 Å². The molecule has 0 aliphatic carbocycles. The number of amides is 2. The van der Waals surface area contributed by atoms with Gasteiger partial charge in [-0.15, -0.1) is 0 Å². The predicted molar refractivity (Wildman–Crippen MR) is 96.7 cm³/mol. The first-order valence-corrected chi connectivity index (χ1v) is 8.76. The number of carbonyl (C=O) groups excluding carboxylic acids is 2. The Bertz CT molecular complexity index is 602. The van der Waals surface area contributed by atoms with Crippen molar-refractivity contribution in [3.8, 4) is 0 Å². The van der Waals surface area contributed by atoms with E-state index < -0.39 is 11.5 Å². The van der Waals surface area contributed by atoms with Crippen molar-refractivity contribution in [3.63, 3.8) is 0 Å². The zero-order valence-electron chi connectivity index (χ0n) is 15.5. The van der Waals surface area contributed by atoms with E-state index in [0.29, 0.717) is 37.1 Å². The van der Waals surface area contributed by atoms with Gasteiger partial charge in [-0.05, 0) is 51.0 Å². The topological polar surface area (TPSA) is 86.7 Å². The van der Waals surface area contributed by atoms with E-state index in [1.165, 1.54) is 0 Å². The Kier molecular flexibility index (Phi) is 7.61. The summed E-state index contributed by atoms with van der Waals surface area (Å²) < 4.78 is 0. The van der Waals surface area contributed by atoms with Crippen LogP contribution >= 0.6 is 0 Å². The minimum absolute atomic E-state index is 0.0701. The summed E-state index contributed by atoms with van der Waals surface area (Å²) in [5.41, 5.74) is 0.175. The molecule has 1 aromatic rings. The van der Waals surface area contributed by atoms with E-state index >= 15 is 0 Å². The van der Waals surface area contributed by atoms with Crippen LogP contribution < -0.4 is 5.32 Å². The summed E-state index contributed by atoms with van der Waals surface area (Å²) >= 11 is 0. The van der Waals surface area contributed by atoms with Crippen molar-refractivity contribution in [3.05, 3.63) is 35.4 Å². The first-order valence-electron chi connectivity index (χ1n) is 8.76. The Morgan fingerprint density at radius 3 is 1.84 bits per heavy atom. The molecule has 0 aliphatic heterocycles. The number of hydrogen-bond acceptors (Lipinski definition) is 3. The van der Waals surface area contributed by atoms with Crippen molar-refractivity contribution >= 4 is 17.8 Å². The van der Waals surface area contributed by atoms with Gasteiger partial charge in [0, 0.05) is 24.2 Å². The van der Waals surface area contributed by atoms with E-state index in [1.54, 1.807) is 29.2 Å². The number of carbonyl (C=O) groups is 3. The van der Waals surface area contributed by atoms with Gasteiger partial charge in [-0.25, -0.2) is 0 Å². The monoisotopic (exact) mass is 348 g/mol. The van der Waals surface area contributed by atoms with Crippen molar-refractivity contribution in [1.29, 1.82) is 0 Å². The third-order valence-electron chi connectivity index (χ3n) is 4.67. The van der Waals surface area contributed by atoms with Gasteiger partial charge in [-0.1, -0.05) is 13.8 Å². The Morgan fingerprint density at radius 2 is 1.44 bits per heavy atom. The molecule has 25 heavy (non-hydrogen) atoms. The maximum absolute atomic E-state index is 12.5. The molecule has 0 spiro atoms. The fraction of sp³-hybridized carbons (Fsp3) is 0.526. The SMILES string of the molecule is CCN(CC)C(=O)c1ccc(C(=O)NC(CC)(CC)CC(=O)O)cc1. The van der Waals surface area contributed by atoms with Crippen molar-refractivity contribution in [2.75, 3.05) is 13.1 Å². The molecule has 0 aliphatic rings. The standard InChI is InChI=1S/C19H28N2O4/c1-5-19(6-2,13-16(22)23)20-17(24)14-9-11-15(12-10-14)18(25)21(7-3)8-4/h9-12H,5-8,13H2,1-4H3,(H,20,24)(H,22,23). The first kappa shape index (κ1) is 20.7. The van der Waals surface area contributed by atoms with E-state index in [4.69, 9.17) is 5.11 Å². The summed E-state index contributed by atoms with van der Waals surface area (Å²) in [5.74, 6) is -1.34. The Morgan fingerprint density at radius 1 is 0.960 bits per heavy atom. The maximum Gasteiger partial charge on any atom is 0.305 e. The summed E-state index contributed by atoms with van der Waals surface area (Å²) in [6, 6.07) is 6.46. The second kappa shape index (κ2) is 9.20. The first-order chi connectivity index (χ1) is 11.8. The molecule has 0 heterocycles. The molecule has 1 aromatic carbocycles. The molecular formula is C19H28N2O4. The summed E-state index contributed by atoms with van der Waals surface area (Å²) in [6.07, 6.45) is 0.935. The third kappa shape index (κ3) is 5.31.